The number of hydrogen-bond acceptors (Lipinski definition) is 7. The van der Waals surface area contributed by atoms with Gasteiger partial charge in [-0.3, -0.25) is 14.3 Å². The summed E-state index contributed by atoms with van der Waals surface area (Å²) in [5.74, 6) is 0.404. The Labute approximate surface area is 187 Å². The summed E-state index contributed by atoms with van der Waals surface area (Å²) in [6.45, 7) is 2.93. The summed E-state index contributed by atoms with van der Waals surface area (Å²) in [6, 6.07) is 14.3. The fraction of sp³-hybridized carbons (Fsp3) is 0.273. The number of carbonyl (C=O) groups excluding carboxylic acids is 1. The summed E-state index contributed by atoms with van der Waals surface area (Å²) in [7, 11) is 0. The fourth-order valence-corrected chi connectivity index (χ4v) is 3.91. The Bertz CT molecular complexity index is 1300. The molecule has 0 aliphatic carbocycles. The van der Waals surface area contributed by atoms with Gasteiger partial charge in [-0.15, -0.1) is 0 Å². The van der Waals surface area contributed by atoms with E-state index in [0.717, 1.165) is 5.56 Å². The van der Waals surface area contributed by atoms with Crippen LogP contribution in [0.1, 0.15) is 5.89 Å². The highest BCUT2D eigenvalue weighted by molar-refractivity contribution is 6.30. The van der Waals surface area contributed by atoms with Crippen molar-refractivity contribution in [1.29, 1.82) is 0 Å². The number of amides is 1. The molecule has 0 radical (unpaired) electrons. The first-order valence-electron chi connectivity index (χ1n) is 10.2. The van der Waals surface area contributed by atoms with Crippen molar-refractivity contribution < 1.29 is 13.7 Å². The van der Waals surface area contributed by atoms with E-state index in [2.05, 4.69) is 15.0 Å². The maximum absolute atomic E-state index is 12.8. The van der Waals surface area contributed by atoms with Crippen LogP contribution >= 0.6 is 11.6 Å². The topological polar surface area (TPSA) is 97.6 Å². The minimum Gasteiger partial charge on any atom is -0.408 e. The number of aromatic nitrogens is 3. The minimum absolute atomic E-state index is 0.0377. The average molecular weight is 454 g/mol. The largest absolute Gasteiger partial charge is 0.420 e. The van der Waals surface area contributed by atoms with Gasteiger partial charge in [0.05, 0.1) is 12.1 Å². The number of benzene rings is 2. The van der Waals surface area contributed by atoms with E-state index in [1.54, 1.807) is 35.2 Å². The Morgan fingerprint density at radius 1 is 1.03 bits per heavy atom. The molecule has 0 bridgehead atoms. The fourth-order valence-electron chi connectivity index (χ4n) is 3.78. The lowest BCUT2D eigenvalue weighted by molar-refractivity contribution is -0.133. The molecule has 2 aromatic carbocycles. The van der Waals surface area contributed by atoms with E-state index in [0.29, 0.717) is 60.6 Å². The Morgan fingerprint density at radius 2 is 1.78 bits per heavy atom. The summed E-state index contributed by atoms with van der Waals surface area (Å²) >= 11 is 5.92. The molecule has 1 saturated heterocycles. The molecule has 1 aliphatic rings. The molecule has 1 amide bonds. The first-order valence-corrected chi connectivity index (χ1v) is 10.6. The summed E-state index contributed by atoms with van der Waals surface area (Å²) in [5, 5.41) is 4.69. The highest BCUT2D eigenvalue weighted by Crippen LogP contribution is 2.19. The Hall–Kier alpha value is -3.43. The van der Waals surface area contributed by atoms with Gasteiger partial charge in [-0.05, 0) is 36.4 Å². The number of oxazole rings is 1. The van der Waals surface area contributed by atoms with Crippen molar-refractivity contribution in [3.8, 4) is 11.4 Å². The van der Waals surface area contributed by atoms with Gasteiger partial charge in [0.15, 0.2) is 5.58 Å². The van der Waals surface area contributed by atoms with Crippen LogP contribution in [0.2, 0.25) is 5.02 Å². The smallest absolute Gasteiger partial charge is 0.408 e. The second-order valence-electron chi connectivity index (χ2n) is 7.60. The van der Waals surface area contributed by atoms with E-state index >= 15 is 0 Å². The molecule has 164 valence electrons. The lowest BCUT2D eigenvalue weighted by atomic mass is 10.2. The first-order chi connectivity index (χ1) is 15.6. The van der Waals surface area contributed by atoms with Crippen LogP contribution in [0.3, 0.4) is 0 Å². The van der Waals surface area contributed by atoms with Gasteiger partial charge in [-0.25, -0.2) is 4.79 Å². The average Bonchev–Trinajstić information content (AvgIpc) is 3.39. The molecule has 1 aliphatic heterocycles. The Morgan fingerprint density at radius 3 is 2.56 bits per heavy atom. The van der Waals surface area contributed by atoms with Crippen molar-refractivity contribution in [3.05, 3.63) is 70.0 Å². The summed E-state index contributed by atoms with van der Waals surface area (Å²) < 4.78 is 12.0. The molecule has 4 aromatic rings. The Balaban J connectivity index is 1.17. The van der Waals surface area contributed by atoms with E-state index in [9.17, 15) is 9.59 Å². The molecule has 0 saturated carbocycles. The van der Waals surface area contributed by atoms with E-state index in [4.69, 9.17) is 20.5 Å². The molecule has 32 heavy (non-hydrogen) atoms. The number of carbonyl (C=O) groups is 1. The van der Waals surface area contributed by atoms with Crippen LogP contribution in [0.25, 0.3) is 22.5 Å². The van der Waals surface area contributed by atoms with Crippen LogP contribution in [0.15, 0.2) is 62.3 Å². The third-order valence-corrected chi connectivity index (χ3v) is 5.77. The van der Waals surface area contributed by atoms with Crippen molar-refractivity contribution in [1.82, 2.24) is 24.5 Å². The summed E-state index contributed by atoms with van der Waals surface area (Å²) in [5.41, 5.74) is 1.94. The van der Waals surface area contributed by atoms with Gasteiger partial charge in [0, 0.05) is 36.8 Å². The molecule has 9 nitrogen and oxygen atoms in total. The molecule has 1 fully saturated rings. The van der Waals surface area contributed by atoms with Crippen molar-refractivity contribution in [2.45, 2.75) is 13.1 Å². The normalized spacial score (nSPS) is 14.8. The number of halogens is 1. The minimum atomic E-state index is -0.522. The van der Waals surface area contributed by atoms with Crippen LogP contribution < -0.4 is 5.76 Å². The molecule has 0 unspecified atom stereocenters. The van der Waals surface area contributed by atoms with Gasteiger partial charge >= 0.3 is 5.76 Å². The second kappa shape index (κ2) is 8.60. The molecule has 5 rings (SSSR count). The third-order valence-electron chi connectivity index (χ3n) is 5.52. The second-order valence-corrected chi connectivity index (χ2v) is 8.03. The van der Waals surface area contributed by atoms with Crippen LogP contribution in [-0.4, -0.2) is 56.6 Å². The van der Waals surface area contributed by atoms with Gasteiger partial charge in [-0.2, -0.15) is 4.98 Å². The highest BCUT2D eigenvalue weighted by atomic mass is 35.5. The molecule has 0 spiro atoms. The predicted molar refractivity (Wildman–Crippen MR) is 117 cm³/mol. The van der Waals surface area contributed by atoms with Gasteiger partial charge < -0.3 is 13.8 Å². The molecule has 2 aromatic heterocycles. The predicted octanol–water partition coefficient (Wildman–Crippen LogP) is 2.64. The molecule has 0 atom stereocenters. The van der Waals surface area contributed by atoms with Crippen LogP contribution in [0.4, 0.5) is 0 Å². The van der Waals surface area contributed by atoms with Gasteiger partial charge in [0.1, 0.15) is 6.54 Å². The number of nitrogens with zero attached hydrogens (tertiary/aromatic N) is 5. The monoisotopic (exact) mass is 453 g/mol. The van der Waals surface area contributed by atoms with Crippen molar-refractivity contribution in [2.24, 2.45) is 0 Å². The maximum Gasteiger partial charge on any atom is 0.420 e. The van der Waals surface area contributed by atoms with E-state index in [1.165, 1.54) is 4.57 Å². The van der Waals surface area contributed by atoms with Gasteiger partial charge in [0.2, 0.25) is 17.6 Å². The third kappa shape index (κ3) is 4.17. The first kappa shape index (κ1) is 20.5. The standard InChI is InChI=1S/C22H20ClN5O4/c23-16-7-5-15(6-8-16)21-24-19(32-25-21)13-26-9-11-27(12-10-26)20(29)14-28-17-3-1-2-4-18(17)31-22(28)30/h1-8H,9-14H2. The van der Waals surface area contributed by atoms with Gasteiger partial charge in [-0.1, -0.05) is 28.9 Å². The number of para-hydroxylation sites is 2. The lowest BCUT2D eigenvalue weighted by Crippen LogP contribution is -2.49. The molecule has 3 heterocycles. The molecule has 0 N–H and O–H groups in total. The maximum atomic E-state index is 12.8. The number of rotatable bonds is 5. The SMILES string of the molecule is O=C(Cn1c(=O)oc2ccccc21)N1CCN(Cc2nc(-c3ccc(Cl)cc3)no2)CC1. The number of fused-ring (bicyclic) bond motifs is 1. The van der Waals surface area contributed by atoms with Crippen LogP contribution in [-0.2, 0) is 17.9 Å². The molecular weight excluding hydrogens is 434 g/mol. The van der Waals surface area contributed by atoms with Crippen LogP contribution in [0, 0.1) is 0 Å². The summed E-state index contributed by atoms with van der Waals surface area (Å²) in [4.78, 5) is 33.3. The van der Waals surface area contributed by atoms with Crippen LogP contribution in [0.5, 0.6) is 0 Å². The quantitative estimate of drug-likeness (QED) is 0.458. The molecular formula is C22H20ClN5O4. The molecule has 10 heteroatoms. The zero-order valence-electron chi connectivity index (χ0n) is 17.1. The van der Waals surface area contributed by atoms with E-state index in [1.807, 2.05) is 18.2 Å². The number of piperazine rings is 1. The van der Waals surface area contributed by atoms with Crippen molar-refractivity contribution >= 4 is 28.6 Å². The zero-order chi connectivity index (χ0) is 22.1. The van der Waals surface area contributed by atoms with Crippen molar-refractivity contribution in [2.75, 3.05) is 26.2 Å². The Kier molecular flexibility index (Phi) is 5.50. The van der Waals surface area contributed by atoms with Gasteiger partial charge in [0.25, 0.3) is 0 Å². The zero-order valence-corrected chi connectivity index (χ0v) is 17.9. The highest BCUT2D eigenvalue weighted by Gasteiger charge is 2.24. The lowest BCUT2D eigenvalue weighted by Gasteiger charge is -2.33. The number of hydrogen-bond donors (Lipinski definition) is 0. The van der Waals surface area contributed by atoms with Crippen molar-refractivity contribution in [3.63, 3.8) is 0 Å². The van der Waals surface area contributed by atoms with E-state index in [-0.39, 0.29) is 12.5 Å². The van der Waals surface area contributed by atoms with E-state index < -0.39 is 5.76 Å². The summed E-state index contributed by atoms with van der Waals surface area (Å²) in [6.07, 6.45) is 0.